The third-order valence-electron chi connectivity index (χ3n) is 5.43. The van der Waals surface area contributed by atoms with Gasteiger partial charge in [-0.3, -0.25) is 9.59 Å². The highest BCUT2D eigenvalue weighted by atomic mass is 32.2. The Morgan fingerprint density at radius 2 is 1.45 bits per heavy atom. The van der Waals surface area contributed by atoms with E-state index in [0.717, 1.165) is 11.1 Å². The maximum absolute atomic E-state index is 13.1. The molecule has 5 rings (SSSR count). The molecule has 4 aromatic rings. The minimum absolute atomic E-state index is 0.0524. The molecule has 2 N–H and O–H groups in total. The number of sulfone groups is 1. The van der Waals surface area contributed by atoms with E-state index in [0.29, 0.717) is 5.69 Å². The standard InChI is InChI=1S/C26H18N2O4S/c29-25(27-20-10-6-9-18(15-20)17-7-2-1-3-8-17)19-13-14-24-22(16-19)28-26(30)21-11-4-5-12-23(21)33(24,31)32/h1-16H,(H,27,29)(H,28,30). The molecule has 0 atom stereocenters. The van der Waals surface area contributed by atoms with Gasteiger partial charge in [0.15, 0.2) is 0 Å². The Morgan fingerprint density at radius 1 is 0.727 bits per heavy atom. The summed E-state index contributed by atoms with van der Waals surface area (Å²) in [7, 11) is -3.92. The van der Waals surface area contributed by atoms with Crippen molar-refractivity contribution in [3.63, 3.8) is 0 Å². The normalized spacial score (nSPS) is 13.8. The zero-order chi connectivity index (χ0) is 23.0. The largest absolute Gasteiger partial charge is 0.322 e. The van der Waals surface area contributed by atoms with Gasteiger partial charge in [0.25, 0.3) is 11.8 Å². The maximum atomic E-state index is 13.1. The Morgan fingerprint density at radius 3 is 2.27 bits per heavy atom. The molecule has 162 valence electrons. The van der Waals surface area contributed by atoms with Gasteiger partial charge in [0.05, 0.1) is 21.0 Å². The number of benzene rings is 4. The van der Waals surface area contributed by atoms with Gasteiger partial charge in [0, 0.05) is 11.3 Å². The lowest BCUT2D eigenvalue weighted by molar-refractivity contribution is 0.101. The number of rotatable bonds is 3. The van der Waals surface area contributed by atoms with Crippen molar-refractivity contribution in [3.05, 3.63) is 108 Å². The first-order chi connectivity index (χ1) is 15.9. The quantitative estimate of drug-likeness (QED) is 0.455. The summed E-state index contributed by atoms with van der Waals surface area (Å²) in [6, 6.07) is 27.4. The average molecular weight is 455 g/mol. The van der Waals surface area contributed by atoms with Crippen LogP contribution < -0.4 is 10.6 Å². The molecule has 0 saturated heterocycles. The van der Waals surface area contributed by atoms with Gasteiger partial charge in [-0.2, -0.15) is 0 Å². The van der Waals surface area contributed by atoms with Crippen molar-refractivity contribution in [1.29, 1.82) is 0 Å². The number of carbonyl (C=O) groups is 2. The third-order valence-corrected chi connectivity index (χ3v) is 7.30. The summed E-state index contributed by atoms with van der Waals surface area (Å²) in [5.74, 6) is -0.961. The minimum atomic E-state index is -3.92. The van der Waals surface area contributed by atoms with Gasteiger partial charge in [-0.05, 0) is 53.6 Å². The van der Waals surface area contributed by atoms with Crippen LogP contribution in [-0.4, -0.2) is 20.2 Å². The SMILES string of the molecule is O=C(Nc1cccc(-c2ccccc2)c1)c1ccc2c(c1)NC(=O)c1ccccc1S2(=O)=O. The van der Waals surface area contributed by atoms with Crippen molar-refractivity contribution in [1.82, 2.24) is 0 Å². The first-order valence-corrected chi connectivity index (χ1v) is 11.7. The predicted octanol–water partition coefficient (Wildman–Crippen LogP) is 5.00. The van der Waals surface area contributed by atoms with Crippen LogP contribution in [0.3, 0.4) is 0 Å². The monoisotopic (exact) mass is 454 g/mol. The highest BCUT2D eigenvalue weighted by Crippen LogP contribution is 2.34. The Hall–Kier alpha value is -4.23. The number of anilines is 2. The van der Waals surface area contributed by atoms with Crippen LogP contribution in [0.5, 0.6) is 0 Å². The maximum Gasteiger partial charge on any atom is 0.257 e. The van der Waals surface area contributed by atoms with Gasteiger partial charge in [-0.25, -0.2) is 8.42 Å². The number of hydrogen-bond acceptors (Lipinski definition) is 4. The smallest absolute Gasteiger partial charge is 0.257 e. The number of hydrogen-bond donors (Lipinski definition) is 2. The van der Waals surface area contributed by atoms with Gasteiger partial charge >= 0.3 is 0 Å². The molecule has 0 fully saturated rings. The van der Waals surface area contributed by atoms with Crippen molar-refractivity contribution in [3.8, 4) is 11.1 Å². The second-order valence-corrected chi connectivity index (χ2v) is 9.45. The van der Waals surface area contributed by atoms with Crippen molar-refractivity contribution in [2.24, 2.45) is 0 Å². The van der Waals surface area contributed by atoms with E-state index >= 15 is 0 Å². The van der Waals surface area contributed by atoms with Crippen molar-refractivity contribution in [2.45, 2.75) is 9.79 Å². The van der Waals surface area contributed by atoms with Gasteiger partial charge in [-0.15, -0.1) is 0 Å². The predicted molar refractivity (Wildman–Crippen MR) is 126 cm³/mol. The summed E-state index contributed by atoms with van der Waals surface area (Å²) in [5, 5.41) is 5.46. The first-order valence-electron chi connectivity index (χ1n) is 10.2. The topological polar surface area (TPSA) is 92.3 Å². The number of nitrogens with one attached hydrogen (secondary N) is 2. The van der Waals surface area contributed by atoms with Crippen LogP contribution >= 0.6 is 0 Å². The molecule has 0 aliphatic carbocycles. The molecule has 2 amide bonds. The first kappa shape index (κ1) is 20.7. The molecule has 0 saturated carbocycles. The molecular weight excluding hydrogens is 436 g/mol. The summed E-state index contributed by atoms with van der Waals surface area (Å²) in [4.78, 5) is 25.4. The molecule has 1 heterocycles. The van der Waals surface area contributed by atoms with E-state index in [9.17, 15) is 18.0 Å². The fourth-order valence-corrected chi connectivity index (χ4v) is 5.40. The third kappa shape index (κ3) is 3.79. The van der Waals surface area contributed by atoms with E-state index in [-0.39, 0.29) is 26.6 Å². The summed E-state index contributed by atoms with van der Waals surface area (Å²) in [5.41, 5.74) is 2.93. The van der Waals surface area contributed by atoms with Crippen LogP contribution in [0.4, 0.5) is 11.4 Å². The lowest BCUT2D eigenvalue weighted by Crippen LogP contribution is -2.14. The van der Waals surface area contributed by atoms with E-state index in [1.54, 1.807) is 18.2 Å². The highest BCUT2D eigenvalue weighted by Gasteiger charge is 2.31. The fourth-order valence-electron chi connectivity index (χ4n) is 3.81. The molecule has 7 heteroatoms. The van der Waals surface area contributed by atoms with Crippen molar-refractivity contribution < 1.29 is 18.0 Å². The Kier molecular flexibility index (Phi) is 5.03. The molecule has 0 aromatic heterocycles. The molecule has 6 nitrogen and oxygen atoms in total. The van der Waals surface area contributed by atoms with Gasteiger partial charge in [0.2, 0.25) is 9.84 Å². The van der Waals surface area contributed by atoms with E-state index in [1.165, 1.54) is 30.3 Å². The number of amides is 2. The lowest BCUT2D eigenvalue weighted by atomic mass is 10.1. The van der Waals surface area contributed by atoms with Crippen molar-refractivity contribution >= 4 is 33.0 Å². The molecular formula is C26H18N2O4S. The molecule has 4 aromatic carbocycles. The molecule has 33 heavy (non-hydrogen) atoms. The van der Waals surface area contributed by atoms with Crippen LogP contribution in [0.2, 0.25) is 0 Å². The Balaban J connectivity index is 1.46. The van der Waals surface area contributed by atoms with E-state index < -0.39 is 21.7 Å². The molecule has 0 radical (unpaired) electrons. The fraction of sp³-hybridized carbons (Fsp3) is 0. The van der Waals surface area contributed by atoms with Crippen LogP contribution in [0.1, 0.15) is 20.7 Å². The van der Waals surface area contributed by atoms with Gasteiger partial charge in [0.1, 0.15) is 0 Å². The highest BCUT2D eigenvalue weighted by molar-refractivity contribution is 7.91. The van der Waals surface area contributed by atoms with E-state index in [1.807, 2.05) is 48.5 Å². The average Bonchev–Trinajstić information content (AvgIpc) is 2.92. The van der Waals surface area contributed by atoms with Crippen LogP contribution in [0.15, 0.2) is 107 Å². The second kappa shape index (κ2) is 8.03. The molecule has 0 bridgehead atoms. The summed E-state index contributed by atoms with van der Waals surface area (Å²) in [6.07, 6.45) is 0. The molecule has 0 unspecified atom stereocenters. The zero-order valence-corrected chi connectivity index (χ0v) is 18.1. The Bertz CT molecular complexity index is 1510. The summed E-state index contributed by atoms with van der Waals surface area (Å²) < 4.78 is 26.2. The van der Waals surface area contributed by atoms with Crippen LogP contribution in [0.25, 0.3) is 11.1 Å². The molecule has 1 aliphatic rings. The van der Waals surface area contributed by atoms with Gasteiger partial charge in [-0.1, -0.05) is 54.6 Å². The molecule has 0 spiro atoms. The second-order valence-electron chi connectivity index (χ2n) is 7.57. The van der Waals surface area contributed by atoms with E-state index in [2.05, 4.69) is 10.6 Å². The Labute approximate surface area is 190 Å². The summed E-state index contributed by atoms with van der Waals surface area (Å²) >= 11 is 0. The number of fused-ring (bicyclic) bond motifs is 2. The molecule has 1 aliphatic heterocycles. The van der Waals surface area contributed by atoms with Crippen LogP contribution in [-0.2, 0) is 9.84 Å². The van der Waals surface area contributed by atoms with Gasteiger partial charge < -0.3 is 10.6 Å². The minimum Gasteiger partial charge on any atom is -0.322 e. The van der Waals surface area contributed by atoms with E-state index in [4.69, 9.17) is 0 Å². The summed E-state index contributed by atoms with van der Waals surface area (Å²) in [6.45, 7) is 0. The zero-order valence-electron chi connectivity index (χ0n) is 17.3. The lowest BCUT2D eigenvalue weighted by Gasteiger charge is -2.11. The van der Waals surface area contributed by atoms with Crippen LogP contribution in [0, 0.1) is 0 Å². The number of carbonyl (C=O) groups excluding carboxylic acids is 2. The van der Waals surface area contributed by atoms with Crippen molar-refractivity contribution in [2.75, 3.05) is 10.6 Å².